The van der Waals surface area contributed by atoms with Crippen LogP contribution in [-0.2, 0) is 6.54 Å². The summed E-state index contributed by atoms with van der Waals surface area (Å²) >= 11 is 9.37. The highest BCUT2D eigenvalue weighted by Gasteiger charge is 2.40. The van der Waals surface area contributed by atoms with E-state index in [1.54, 1.807) is 0 Å². The van der Waals surface area contributed by atoms with Crippen molar-refractivity contribution >= 4 is 27.5 Å². The Balaban J connectivity index is 1.78. The number of hydrogen-bond donors (Lipinski definition) is 1. The maximum Gasteiger partial charge on any atom is 0.0229 e. The zero-order valence-corrected chi connectivity index (χ0v) is 11.6. The highest BCUT2D eigenvalue weighted by Crippen LogP contribution is 2.48. The lowest BCUT2D eigenvalue weighted by molar-refractivity contribution is 0.445. The molecule has 1 aromatic rings. The van der Waals surface area contributed by atoms with Crippen LogP contribution in [0.25, 0.3) is 0 Å². The average Bonchev–Trinajstić information content (AvgIpc) is 3.02. The fourth-order valence-electron chi connectivity index (χ4n) is 2.00. The van der Waals surface area contributed by atoms with Gasteiger partial charge in [-0.2, -0.15) is 0 Å². The molecule has 2 rings (SSSR count). The molecule has 0 heterocycles. The van der Waals surface area contributed by atoms with Crippen molar-refractivity contribution < 1.29 is 0 Å². The van der Waals surface area contributed by atoms with Crippen LogP contribution in [0.5, 0.6) is 0 Å². The Morgan fingerprint density at radius 3 is 2.69 bits per heavy atom. The van der Waals surface area contributed by atoms with Gasteiger partial charge in [-0.3, -0.25) is 0 Å². The van der Waals surface area contributed by atoms with Gasteiger partial charge in [0.1, 0.15) is 0 Å². The predicted molar refractivity (Wildman–Crippen MR) is 72.9 cm³/mol. The fourth-order valence-corrected chi connectivity index (χ4v) is 2.82. The summed E-state index contributed by atoms with van der Waals surface area (Å²) in [5, 5.41) is 3.54. The monoisotopic (exact) mass is 301 g/mol. The van der Waals surface area contributed by atoms with E-state index in [4.69, 9.17) is 11.6 Å². The Hall–Kier alpha value is -0.0500. The lowest BCUT2D eigenvalue weighted by atomic mass is 10.0. The van der Waals surface area contributed by atoms with Crippen molar-refractivity contribution in [3.05, 3.63) is 34.3 Å². The predicted octanol–water partition coefficient (Wildman–Crippen LogP) is 3.95. The molecule has 0 aromatic heterocycles. The van der Waals surface area contributed by atoms with Gasteiger partial charge in [-0.1, -0.05) is 34.1 Å². The Morgan fingerprint density at radius 2 is 2.06 bits per heavy atom. The molecule has 1 N–H and O–H groups in total. The normalized spacial score (nSPS) is 17.4. The molecule has 0 unspecified atom stereocenters. The van der Waals surface area contributed by atoms with Crippen molar-refractivity contribution in [1.29, 1.82) is 0 Å². The van der Waals surface area contributed by atoms with Crippen LogP contribution in [0.3, 0.4) is 0 Å². The van der Waals surface area contributed by atoms with E-state index in [-0.39, 0.29) is 0 Å². The van der Waals surface area contributed by atoms with Crippen LogP contribution in [0.2, 0.25) is 0 Å². The van der Waals surface area contributed by atoms with Gasteiger partial charge in [0.05, 0.1) is 0 Å². The van der Waals surface area contributed by atoms with Crippen LogP contribution < -0.4 is 5.32 Å². The molecule has 0 saturated heterocycles. The van der Waals surface area contributed by atoms with Gasteiger partial charge in [0.15, 0.2) is 0 Å². The third kappa shape index (κ3) is 3.22. The molecule has 1 aliphatic carbocycles. The summed E-state index contributed by atoms with van der Waals surface area (Å²) in [6.07, 6.45) is 3.82. The molecule has 0 spiro atoms. The van der Waals surface area contributed by atoms with Gasteiger partial charge in [-0.25, -0.2) is 0 Å². The molecule has 0 aliphatic heterocycles. The van der Waals surface area contributed by atoms with Crippen molar-refractivity contribution in [2.45, 2.75) is 25.8 Å². The Labute approximate surface area is 111 Å². The Morgan fingerprint density at radius 1 is 1.31 bits per heavy atom. The van der Waals surface area contributed by atoms with E-state index in [0.29, 0.717) is 5.41 Å². The summed E-state index contributed by atoms with van der Waals surface area (Å²) in [7, 11) is 0. The SMILES string of the molecule is ClCCC1(CNCc2ccccc2Br)CC1. The quantitative estimate of drug-likeness (QED) is 0.785. The molecule has 0 amide bonds. The van der Waals surface area contributed by atoms with E-state index in [1.807, 2.05) is 6.07 Å². The Bertz CT molecular complexity index is 350. The van der Waals surface area contributed by atoms with E-state index in [2.05, 4.69) is 39.4 Å². The molecule has 1 nitrogen and oxygen atoms in total. The minimum absolute atomic E-state index is 0.517. The first kappa shape index (κ1) is 12.4. The van der Waals surface area contributed by atoms with Crippen molar-refractivity contribution in [2.24, 2.45) is 5.41 Å². The smallest absolute Gasteiger partial charge is 0.0229 e. The molecule has 1 fully saturated rings. The van der Waals surface area contributed by atoms with Crippen molar-refractivity contribution in [1.82, 2.24) is 5.32 Å². The van der Waals surface area contributed by atoms with Crippen LogP contribution in [0, 0.1) is 5.41 Å². The second-order valence-electron chi connectivity index (χ2n) is 4.63. The lowest BCUT2D eigenvalue weighted by Gasteiger charge is -2.14. The van der Waals surface area contributed by atoms with Gasteiger partial charge in [0, 0.05) is 23.4 Å². The standard InChI is InChI=1S/C13H17BrClN/c14-12-4-2-1-3-11(12)9-16-10-13(5-6-13)7-8-15/h1-4,16H,5-10H2. The van der Waals surface area contributed by atoms with Crippen LogP contribution in [0.4, 0.5) is 0 Å². The highest BCUT2D eigenvalue weighted by atomic mass is 79.9. The van der Waals surface area contributed by atoms with Gasteiger partial charge in [0.25, 0.3) is 0 Å². The summed E-state index contributed by atoms with van der Waals surface area (Å²) in [6, 6.07) is 8.36. The molecule has 1 saturated carbocycles. The van der Waals surface area contributed by atoms with E-state index in [0.717, 1.165) is 25.4 Å². The van der Waals surface area contributed by atoms with Gasteiger partial charge in [-0.05, 0) is 36.3 Å². The summed E-state index contributed by atoms with van der Waals surface area (Å²) in [6.45, 7) is 2.03. The number of rotatable bonds is 6. The molecule has 3 heteroatoms. The maximum absolute atomic E-state index is 5.81. The lowest BCUT2D eigenvalue weighted by Crippen LogP contribution is -2.24. The fraction of sp³-hybridized carbons (Fsp3) is 0.538. The van der Waals surface area contributed by atoms with Crippen LogP contribution in [0.1, 0.15) is 24.8 Å². The zero-order valence-electron chi connectivity index (χ0n) is 9.31. The first-order valence-electron chi connectivity index (χ1n) is 5.76. The van der Waals surface area contributed by atoms with E-state index in [9.17, 15) is 0 Å². The number of halogens is 2. The van der Waals surface area contributed by atoms with Crippen molar-refractivity contribution in [2.75, 3.05) is 12.4 Å². The molecule has 1 aliphatic rings. The van der Waals surface area contributed by atoms with E-state index >= 15 is 0 Å². The number of alkyl halides is 1. The number of benzene rings is 1. The van der Waals surface area contributed by atoms with Gasteiger partial charge in [0.2, 0.25) is 0 Å². The second-order valence-corrected chi connectivity index (χ2v) is 5.87. The second kappa shape index (κ2) is 5.52. The third-order valence-electron chi connectivity index (χ3n) is 3.36. The highest BCUT2D eigenvalue weighted by molar-refractivity contribution is 9.10. The number of hydrogen-bond acceptors (Lipinski definition) is 1. The zero-order chi connectivity index (χ0) is 11.4. The molecular weight excluding hydrogens is 286 g/mol. The molecular formula is C13H17BrClN. The van der Waals surface area contributed by atoms with Crippen LogP contribution in [-0.4, -0.2) is 12.4 Å². The van der Waals surface area contributed by atoms with E-state index in [1.165, 1.54) is 22.9 Å². The molecule has 1 aromatic carbocycles. The largest absolute Gasteiger partial charge is 0.312 e. The molecule has 0 atom stereocenters. The summed E-state index contributed by atoms with van der Waals surface area (Å²) in [5.41, 5.74) is 1.84. The van der Waals surface area contributed by atoms with Crippen molar-refractivity contribution in [3.8, 4) is 0 Å². The van der Waals surface area contributed by atoms with E-state index < -0.39 is 0 Å². The first-order chi connectivity index (χ1) is 7.76. The average molecular weight is 303 g/mol. The molecule has 0 radical (unpaired) electrons. The third-order valence-corrected chi connectivity index (χ3v) is 4.32. The minimum atomic E-state index is 0.517. The van der Waals surface area contributed by atoms with Crippen molar-refractivity contribution in [3.63, 3.8) is 0 Å². The summed E-state index contributed by atoms with van der Waals surface area (Å²) in [5.74, 6) is 0.788. The maximum atomic E-state index is 5.81. The van der Waals surface area contributed by atoms with Crippen LogP contribution >= 0.6 is 27.5 Å². The summed E-state index contributed by atoms with van der Waals surface area (Å²) < 4.78 is 1.18. The molecule has 16 heavy (non-hydrogen) atoms. The first-order valence-corrected chi connectivity index (χ1v) is 7.09. The van der Waals surface area contributed by atoms with Gasteiger partial charge in [-0.15, -0.1) is 11.6 Å². The molecule has 88 valence electrons. The van der Waals surface area contributed by atoms with Gasteiger partial charge >= 0.3 is 0 Å². The summed E-state index contributed by atoms with van der Waals surface area (Å²) in [4.78, 5) is 0. The number of nitrogens with one attached hydrogen (secondary N) is 1. The minimum Gasteiger partial charge on any atom is -0.312 e. The van der Waals surface area contributed by atoms with Crippen LogP contribution in [0.15, 0.2) is 28.7 Å². The molecule has 0 bridgehead atoms. The Kier molecular flexibility index (Phi) is 4.28. The van der Waals surface area contributed by atoms with Gasteiger partial charge < -0.3 is 5.32 Å². The topological polar surface area (TPSA) is 12.0 Å².